The van der Waals surface area contributed by atoms with Crippen molar-refractivity contribution in [1.82, 2.24) is 0 Å². The molecule has 4 aromatic carbocycles. The summed E-state index contributed by atoms with van der Waals surface area (Å²) in [4.78, 5) is 60.8. The first-order chi connectivity index (χ1) is 25.4. The van der Waals surface area contributed by atoms with E-state index < -0.39 is 34.7 Å². The predicted octanol–water partition coefficient (Wildman–Crippen LogP) is 9.66. The molecule has 0 amide bonds. The van der Waals surface area contributed by atoms with Crippen molar-refractivity contribution in [1.29, 1.82) is 0 Å². The van der Waals surface area contributed by atoms with Crippen LogP contribution < -0.4 is 18.9 Å². The normalized spacial score (nSPS) is 14.6. The Morgan fingerprint density at radius 1 is 0.352 bits per heavy atom. The van der Waals surface area contributed by atoms with Crippen LogP contribution in [0.15, 0.2) is 48.5 Å². The van der Waals surface area contributed by atoms with Crippen LogP contribution in [0.4, 0.5) is 0 Å². The van der Waals surface area contributed by atoms with Gasteiger partial charge in [0.25, 0.3) is 0 Å². The van der Waals surface area contributed by atoms with E-state index in [1.807, 2.05) is 107 Å². The van der Waals surface area contributed by atoms with E-state index >= 15 is 19.2 Å². The molecule has 0 spiro atoms. The second-order valence-corrected chi connectivity index (χ2v) is 15.1. The molecule has 1 saturated carbocycles. The van der Waals surface area contributed by atoms with Crippen molar-refractivity contribution in [3.05, 3.63) is 115 Å². The maximum atomic E-state index is 15.2. The fourth-order valence-corrected chi connectivity index (χ4v) is 7.39. The maximum Gasteiger partial charge on any atom is 0.330 e. The lowest BCUT2D eigenvalue weighted by atomic mass is 9.55. The molecule has 0 aromatic heterocycles. The quantitative estimate of drug-likeness (QED) is 0.100. The molecule has 1 aliphatic carbocycles. The number of ether oxygens (including phenoxy) is 4. The molecule has 0 radical (unpaired) electrons. The summed E-state index contributed by atoms with van der Waals surface area (Å²) in [5.41, 5.74) is 5.21. The molecule has 1 aliphatic rings. The number of aryl methyl sites for hydroxylation is 4. The minimum Gasteiger partial charge on any atom is -0.425 e. The lowest BCUT2D eigenvalue weighted by Crippen LogP contribution is -2.66. The van der Waals surface area contributed by atoms with E-state index in [4.69, 9.17) is 18.9 Å². The molecule has 0 aliphatic heterocycles. The molecule has 0 atom stereocenters. The van der Waals surface area contributed by atoms with Gasteiger partial charge in [0.2, 0.25) is 0 Å². The summed E-state index contributed by atoms with van der Waals surface area (Å²) in [5.74, 6) is -3.57. The third kappa shape index (κ3) is 6.71. The Bertz CT molecular complexity index is 1890. The van der Waals surface area contributed by atoms with Crippen molar-refractivity contribution in [2.75, 3.05) is 0 Å². The van der Waals surface area contributed by atoms with Crippen LogP contribution in [0.1, 0.15) is 92.4 Å². The van der Waals surface area contributed by atoms with Crippen LogP contribution >= 0.6 is 0 Å². The molecule has 8 heteroatoms. The molecule has 284 valence electrons. The highest BCUT2D eigenvalue weighted by molar-refractivity contribution is 6.16. The summed E-state index contributed by atoms with van der Waals surface area (Å²) in [7, 11) is 0. The monoisotopic (exact) mass is 732 g/mol. The van der Waals surface area contributed by atoms with Gasteiger partial charge in [-0.1, -0.05) is 37.1 Å². The molecular formula is C46H52O8. The number of esters is 4. The molecule has 1 fully saturated rings. The number of carbonyl (C=O) groups excluding carboxylic acids is 4. The number of rotatable bonds is 8. The van der Waals surface area contributed by atoms with E-state index in [9.17, 15) is 0 Å². The Labute approximate surface area is 319 Å². The van der Waals surface area contributed by atoms with Crippen LogP contribution in [0.3, 0.4) is 0 Å². The smallest absolute Gasteiger partial charge is 0.330 e. The number of carbonyl (C=O) groups is 4. The van der Waals surface area contributed by atoms with E-state index in [0.29, 0.717) is 35.1 Å². The average Bonchev–Trinajstić information content (AvgIpc) is 3.15. The summed E-state index contributed by atoms with van der Waals surface area (Å²) >= 11 is 0. The van der Waals surface area contributed by atoms with Crippen molar-refractivity contribution in [3.63, 3.8) is 0 Å². The fraction of sp³-hybridized carbons (Fsp3) is 0.391. The Morgan fingerprint density at radius 3 is 0.759 bits per heavy atom. The van der Waals surface area contributed by atoms with Gasteiger partial charge in [0.05, 0.1) is 0 Å². The molecule has 54 heavy (non-hydrogen) atoms. The van der Waals surface area contributed by atoms with E-state index in [-0.39, 0.29) is 35.8 Å². The maximum absolute atomic E-state index is 15.2. The van der Waals surface area contributed by atoms with Gasteiger partial charge in [-0.3, -0.25) is 19.2 Å². The van der Waals surface area contributed by atoms with Gasteiger partial charge in [0.1, 0.15) is 23.0 Å². The first kappa shape index (κ1) is 40.0. The van der Waals surface area contributed by atoms with Crippen LogP contribution in [0, 0.1) is 93.9 Å². The van der Waals surface area contributed by atoms with Crippen LogP contribution in [-0.2, 0) is 19.2 Å². The predicted molar refractivity (Wildman–Crippen MR) is 208 cm³/mol. The molecule has 0 bridgehead atoms. The van der Waals surface area contributed by atoms with Gasteiger partial charge in [0, 0.05) is 0 Å². The lowest BCUT2D eigenvalue weighted by Gasteiger charge is -2.45. The van der Waals surface area contributed by atoms with Gasteiger partial charge in [-0.2, -0.15) is 0 Å². The molecule has 0 heterocycles. The zero-order valence-electron chi connectivity index (χ0n) is 33.7. The van der Waals surface area contributed by atoms with Gasteiger partial charge in [-0.15, -0.1) is 0 Å². The summed E-state index contributed by atoms with van der Waals surface area (Å²) < 4.78 is 24.7. The SMILES string of the molecule is Cc1ccc(OC(=O)C2(C(=O)Oc3ccc(C)c(C)c3C)CCCCC2(C(=O)Oc2ccc(C)c(C)c2C)C(=O)Oc2ccc(C)c(C)c2C)c(C)c1C. The van der Waals surface area contributed by atoms with Gasteiger partial charge < -0.3 is 18.9 Å². The van der Waals surface area contributed by atoms with E-state index in [2.05, 4.69) is 0 Å². The number of benzene rings is 4. The first-order valence-corrected chi connectivity index (χ1v) is 18.5. The van der Waals surface area contributed by atoms with Crippen molar-refractivity contribution in [3.8, 4) is 23.0 Å². The standard InChI is InChI=1S/C46H52O8/c1-25-15-19-37(33(9)29(25)5)51-41(47)45(42(48)52-38-20-16-26(2)30(6)34(38)10)23-13-14-24-46(45,43(49)53-39-21-17-27(3)31(7)35(39)11)44(50)54-40-22-18-28(4)32(8)36(40)12/h15-22H,13-14,23-24H2,1-12H3. The largest absolute Gasteiger partial charge is 0.425 e. The summed E-state index contributed by atoms with van der Waals surface area (Å²) in [5, 5.41) is 0. The molecule has 5 rings (SSSR count). The average molecular weight is 733 g/mol. The summed E-state index contributed by atoms with van der Waals surface area (Å²) in [6.07, 6.45) is 0.159. The highest BCUT2D eigenvalue weighted by Crippen LogP contribution is 2.55. The van der Waals surface area contributed by atoms with Crippen molar-refractivity contribution in [2.45, 2.75) is 109 Å². The van der Waals surface area contributed by atoms with Gasteiger partial charge in [-0.25, -0.2) is 0 Å². The van der Waals surface area contributed by atoms with Gasteiger partial charge >= 0.3 is 23.9 Å². The lowest BCUT2D eigenvalue weighted by molar-refractivity contribution is -0.195. The second kappa shape index (κ2) is 15.2. The molecule has 4 aromatic rings. The van der Waals surface area contributed by atoms with Crippen molar-refractivity contribution >= 4 is 23.9 Å². The Hall–Kier alpha value is -5.24. The van der Waals surface area contributed by atoms with E-state index in [1.165, 1.54) is 0 Å². The minimum absolute atomic E-state index is 0.203. The topological polar surface area (TPSA) is 105 Å². The zero-order valence-corrected chi connectivity index (χ0v) is 33.7. The van der Waals surface area contributed by atoms with Crippen molar-refractivity contribution < 1.29 is 38.1 Å². The molecule has 0 N–H and O–H groups in total. The third-order valence-electron chi connectivity index (χ3n) is 12.3. The Morgan fingerprint density at radius 2 is 0.556 bits per heavy atom. The Balaban J connectivity index is 1.79. The minimum atomic E-state index is -2.52. The van der Waals surface area contributed by atoms with E-state index in [0.717, 1.165) is 44.5 Å². The van der Waals surface area contributed by atoms with Crippen LogP contribution in [0.2, 0.25) is 0 Å². The van der Waals surface area contributed by atoms with Crippen LogP contribution in [-0.4, -0.2) is 23.9 Å². The van der Waals surface area contributed by atoms with Crippen molar-refractivity contribution in [2.24, 2.45) is 10.8 Å². The van der Waals surface area contributed by atoms with Gasteiger partial charge in [-0.05, 0) is 187 Å². The van der Waals surface area contributed by atoms with E-state index in [1.54, 1.807) is 24.3 Å². The van der Waals surface area contributed by atoms with Gasteiger partial charge in [0.15, 0.2) is 10.8 Å². The number of hydrogen-bond donors (Lipinski definition) is 0. The van der Waals surface area contributed by atoms with Crippen LogP contribution in [0.25, 0.3) is 0 Å². The zero-order chi connectivity index (χ0) is 39.9. The highest BCUT2D eigenvalue weighted by Gasteiger charge is 2.74. The molecule has 0 saturated heterocycles. The van der Waals surface area contributed by atoms with Crippen LogP contribution in [0.5, 0.6) is 23.0 Å². The highest BCUT2D eigenvalue weighted by atomic mass is 16.6. The molecule has 8 nitrogen and oxygen atoms in total. The molecular weight excluding hydrogens is 680 g/mol. The second-order valence-electron chi connectivity index (χ2n) is 15.1. The molecule has 0 unspecified atom stereocenters. The fourth-order valence-electron chi connectivity index (χ4n) is 7.39. The first-order valence-electron chi connectivity index (χ1n) is 18.5. The third-order valence-corrected chi connectivity index (χ3v) is 12.3. The Kier molecular flexibility index (Phi) is 11.3. The number of hydrogen-bond acceptors (Lipinski definition) is 8. The summed E-state index contributed by atoms with van der Waals surface area (Å²) in [6.45, 7) is 22.7. The summed E-state index contributed by atoms with van der Waals surface area (Å²) in [6, 6.07) is 13.9.